The number of amides is 1. The van der Waals surface area contributed by atoms with Crippen molar-refractivity contribution < 1.29 is 9.53 Å². The first-order chi connectivity index (χ1) is 10.5. The second kappa shape index (κ2) is 7.41. The summed E-state index contributed by atoms with van der Waals surface area (Å²) in [6.45, 7) is 1.29. The minimum absolute atomic E-state index is 0.0458. The molecule has 1 aliphatic rings. The van der Waals surface area contributed by atoms with Gasteiger partial charge in [-0.3, -0.25) is 4.79 Å². The maximum Gasteiger partial charge on any atom is 0.251 e. The lowest BCUT2D eigenvalue weighted by Crippen LogP contribution is -2.31. The standard InChI is InChI=1S/C14H20N6O2/c15-13(16)20-14(17)19-10-5-3-9(4-6-10)12(21)18-8-11-2-1-7-22-11/h3-6,11H,1-2,7-8H2,(H,18,21)(H6,15,16,17,19,20). The molecular formula is C14H20N6O2. The maximum atomic E-state index is 12.0. The summed E-state index contributed by atoms with van der Waals surface area (Å²) < 4.78 is 5.45. The van der Waals surface area contributed by atoms with Crippen molar-refractivity contribution in [2.45, 2.75) is 18.9 Å². The Morgan fingerprint density at radius 3 is 2.59 bits per heavy atom. The summed E-state index contributed by atoms with van der Waals surface area (Å²) in [5.74, 6) is -0.356. The van der Waals surface area contributed by atoms with Crippen molar-refractivity contribution in [1.29, 1.82) is 0 Å². The molecule has 0 radical (unpaired) electrons. The summed E-state index contributed by atoms with van der Waals surface area (Å²) in [5.41, 5.74) is 17.0. The fourth-order valence-corrected chi connectivity index (χ4v) is 2.09. The molecular weight excluding hydrogens is 284 g/mol. The summed E-state index contributed by atoms with van der Waals surface area (Å²) >= 11 is 0. The van der Waals surface area contributed by atoms with Crippen molar-refractivity contribution in [3.8, 4) is 0 Å². The van der Waals surface area contributed by atoms with E-state index < -0.39 is 0 Å². The van der Waals surface area contributed by atoms with Crippen LogP contribution in [0.1, 0.15) is 23.2 Å². The number of nitrogens with one attached hydrogen (secondary N) is 1. The van der Waals surface area contributed by atoms with Gasteiger partial charge in [-0.1, -0.05) is 0 Å². The van der Waals surface area contributed by atoms with Gasteiger partial charge in [-0.25, -0.2) is 4.99 Å². The lowest BCUT2D eigenvalue weighted by molar-refractivity contribution is 0.0858. The van der Waals surface area contributed by atoms with Gasteiger partial charge in [-0.2, -0.15) is 4.99 Å². The number of carbonyl (C=O) groups is 1. The van der Waals surface area contributed by atoms with E-state index in [9.17, 15) is 4.79 Å². The second-order valence-electron chi connectivity index (χ2n) is 4.90. The lowest BCUT2D eigenvalue weighted by atomic mass is 10.2. The van der Waals surface area contributed by atoms with Crippen LogP contribution in [0.4, 0.5) is 5.69 Å². The quantitative estimate of drug-likeness (QED) is 0.451. The molecule has 0 saturated carbocycles. The SMILES string of the molecule is NC(N)=NC(N)=Nc1ccc(C(=O)NCC2CCCO2)cc1. The molecule has 1 saturated heterocycles. The number of nitrogens with zero attached hydrogens (tertiary/aromatic N) is 2. The Morgan fingerprint density at radius 2 is 2.00 bits per heavy atom. The minimum Gasteiger partial charge on any atom is -0.376 e. The van der Waals surface area contributed by atoms with Gasteiger partial charge < -0.3 is 27.3 Å². The molecule has 8 heteroatoms. The van der Waals surface area contributed by atoms with Gasteiger partial charge in [0.05, 0.1) is 11.8 Å². The topological polar surface area (TPSA) is 141 Å². The largest absolute Gasteiger partial charge is 0.376 e. The zero-order valence-corrected chi connectivity index (χ0v) is 12.2. The Kier molecular flexibility index (Phi) is 5.31. The summed E-state index contributed by atoms with van der Waals surface area (Å²) in [7, 11) is 0. The second-order valence-corrected chi connectivity index (χ2v) is 4.90. The number of benzene rings is 1. The predicted molar refractivity (Wildman–Crippen MR) is 84.8 cm³/mol. The van der Waals surface area contributed by atoms with Gasteiger partial charge in [0.1, 0.15) is 0 Å². The van der Waals surface area contributed by atoms with E-state index in [0.717, 1.165) is 19.4 Å². The van der Waals surface area contributed by atoms with Crippen LogP contribution in [0, 0.1) is 0 Å². The van der Waals surface area contributed by atoms with Crippen LogP contribution in [-0.4, -0.2) is 37.1 Å². The van der Waals surface area contributed by atoms with Crippen LogP contribution in [0.25, 0.3) is 0 Å². The number of carbonyl (C=O) groups excluding carboxylic acids is 1. The Labute approximate surface area is 128 Å². The molecule has 0 aliphatic carbocycles. The van der Waals surface area contributed by atoms with Crippen molar-refractivity contribution in [1.82, 2.24) is 5.32 Å². The molecule has 118 valence electrons. The zero-order chi connectivity index (χ0) is 15.9. The highest BCUT2D eigenvalue weighted by Crippen LogP contribution is 2.14. The number of hydrogen-bond donors (Lipinski definition) is 4. The average molecular weight is 304 g/mol. The molecule has 8 nitrogen and oxygen atoms in total. The highest BCUT2D eigenvalue weighted by atomic mass is 16.5. The van der Waals surface area contributed by atoms with Crippen LogP contribution in [0.15, 0.2) is 34.3 Å². The molecule has 0 aromatic heterocycles. The lowest BCUT2D eigenvalue weighted by Gasteiger charge is -2.10. The zero-order valence-electron chi connectivity index (χ0n) is 12.2. The molecule has 7 N–H and O–H groups in total. The monoisotopic (exact) mass is 304 g/mol. The summed E-state index contributed by atoms with van der Waals surface area (Å²) in [5, 5.41) is 2.85. The molecule has 22 heavy (non-hydrogen) atoms. The average Bonchev–Trinajstić information content (AvgIpc) is 2.98. The molecule has 1 aromatic carbocycles. The van der Waals surface area contributed by atoms with E-state index in [2.05, 4.69) is 15.3 Å². The van der Waals surface area contributed by atoms with Crippen molar-refractivity contribution >= 4 is 23.5 Å². The molecule has 1 amide bonds. The molecule has 2 rings (SSSR count). The number of ether oxygens (including phenoxy) is 1. The molecule has 0 bridgehead atoms. The first-order valence-electron chi connectivity index (χ1n) is 6.98. The van der Waals surface area contributed by atoms with E-state index in [1.807, 2.05) is 0 Å². The molecule has 1 atom stereocenters. The first kappa shape index (κ1) is 15.8. The number of nitrogens with two attached hydrogens (primary N) is 3. The Hall–Kier alpha value is -2.61. The molecule has 1 aliphatic heterocycles. The third-order valence-electron chi connectivity index (χ3n) is 3.13. The molecule has 0 spiro atoms. The van der Waals surface area contributed by atoms with Crippen molar-refractivity contribution in [3.05, 3.63) is 29.8 Å². The minimum atomic E-state index is -0.161. The van der Waals surface area contributed by atoms with Gasteiger partial charge in [0.2, 0.25) is 5.96 Å². The molecule has 1 aromatic rings. The van der Waals surface area contributed by atoms with E-state index in [1.54, 1.807) is 24.3 Å². The van der Waals surface area contributed by atoms with Crippen LogP contribution < -0.4 is 22.5 Å². The van der Waals surface area contributed by atoms with E-state index in [0.29, 0.717) is 17.8 Å². The number of aliphatic imine (C=N–C) groups is 2. The third-order valence-corrected chi connectivity index (χ3v) is 3.13. The highest BCUT2D eigenvalue weighted by molar-refractivity contribution is 5.95. The van der Waals surface area contributed by atoms with Crippen LogP contribution in [0.3, 0.4) is 0 Å². The third kappa shape index (κ3) is 4.74. The predicted octanol–water partition coefficient (Wildman–Crippen LogP) is -0.185. The van der Waals surface area contributed by atoms with Crippen molar-refractivity contribution in [3.63, 3.8) is 0 Å². The van der Waals surface area contributed by atoms with Crippen molar-refractivity contribution in [2.75, 3.05) is 13.2 Å². The maximum absolute atomic E-state index is 12.0. The summed E-state index contributed by atoms with van der Waals surface area (Å²) in [6.07, 6.45) is 2.15. The smallest absolute Gasteiger partial charge is 0.251 e. The van der Waals surface area contributed by atoms with Crippen LogP contribution in [-0.2, 0) is 4.74 Å². The van der Waals surface area contributed by atoms with Crippen LogP contribution in [0.2, 0.25) is 0 Å². The van der Waals surface area contributed by atoms with Crippen molar-refractivity contribution in [2.24, 2.45) is 27.2 Å². The van der Waals surface area contributed by atoms with Crippen LogP contribution in [0.5, 0.6) is 0 Å². The normalized spacial score (nSPS) is 18.0. The van der Waals surface area contributed by atoms with E-state index >= 15 is 0 Å². The number of guanidine groups is 2. The number of rotatable bonds is 4. The molecule has 1 fully saturated rings. The molecule has 1 unspecified atom stereocenters. The van der Waals surface area contributed by atoms with Gasteiger partial charge in [0.15, 0.2) is 5.96 Å². The Balaban J connectivity index is 1.93. The van der Waals surface area contributed by atoms with E-state index in [-0.39, 0.29) is 23.9 Å². The Bertz CT molecular complexity index is 572. The summed E-state index contributed by atoms with van der Waals surface area (Å²) in [6, 6.07) is 6.64. The van der Waals surface area contributed by atoms with Gasteiger partial charge in [0.25, 0.3) is 5.91 Å². The van der Waals surface area contributed by atoms with Gasteiger partial charge >= 0.3 is 0 Å². The van der Waals surface area contributed by atoms with Gasteiger partial charge in [-0.05, 0) is 37.1 Å². The van der Waals surface area contributed by atoms with Crippen LogP contribution >= 0.6 is 0 Å². The van der Waals surface area contributed by atoms with E-state index in [4.69, 9.17) is 21.9 Å². The molecule has 1 heterocycles. The fraction of sp³-hybridized carbons (Fsp3) is 0.357. The van der Waals surface area contributed by atoms with Gasteiger partial charge in [0, 0.05) is 18.7 Å². The Morgan fingerprint density at radius 1 is 1.27 bits per heavy atom. The first-order valence-corrected chi connectivity index (χ1v) is 6.98. The summed E-state index contributed by atoms with van der Waals surface area (Å²) in [4.78, 5) is 19.6. The van der Waals surface area contributed by atoms with Gasteiger partial charge in [-0.15, -0.1) is 0 Å². The highest BCUT2D eigenvalue weighted by Gasteiger charge is 2.16. The number of hydrogen-bond acceptors (Lipinski definition) is 3. The van der Waals surface area contributed by atoms with E-state index in [1.165, 1.54) is 0 Å². The fourth-order valence-electron chi connectivity index (χ4n) is 2.09.